The van der Waals surface area contributed by atoms with Gasteiger partial charge in [-0.05, 0) is 59.0 Å². The summed E-state index contributed by atoms with van der Waals surface area (Å²) < 4.78 is 6.21. The Morgan fingerprint density at radius 1 is 1.30 bits per heavy atom. The van der Waals surface area contributed by atoms with Gasteiger partial charge in [-0.3, -0.25) is 0 Å². The van der Waals surface area contributed by atoms with Gasteiger partial charge in [0.15, 0.2) is 5.75 Å². The Kier molecular flexibility index (Phi) is 4.90. The van der Waals surface area contributed by atoms with Crippen LogP contribution in [0.2, 0.25) is 0 Å². The third kappa shape index (κ3) is 3.63. The van der Waals surface area contributed by atoms with Crippen molar-refractivity contribution in [2.75, 3.05) is 7.11 Å². The number of hydrogen-bond donors (Lipinski definition) is 0. The Balaban J connectivity index is 2.13. The van der Waals surface area contributed by atoms with Crippen molar-refractivity contribution < 1.29 is 4.74 Å². The smallest absolute Gasteiger partial charge is 0.158 e. The molecule has 20 heavy (non-hydrogen) atoms. The van der Waals surface area contributed by atoms with E-state index in [-0.39, 0.29) is 0 Å². The summed E-state index contributed by atoms with van der Waals surface area (Å²) in [6, 6.07) is 2.02. The standard InChI is InChI=1S/C17H24BrNO/c1-17(2,3)14-7-5-12(6-8-14)11-13-9-10-19-16(18)15(13)20-4/h9-11,14H,5-8H2,1-4H3. The molecule has 1 fully saturated rings. The third-order valence-electron chi connectivity index (χ3n) is 4.31. The maximum Gasteiger partial charge on any atom is 0.158 e. The first kappa shape index (κ1) is 15.6. The molecule has 2 nitrogen and oxygen atoms in total. The number of pyridine rings is 1. The molecule has 0 spiro atoms. The normalized spacial score (nSPS) is 19.9. The highest BCUT2D eigenvalue weighted by atomic mass is 79.9. The molecule has 0 saturated heterocycles. The average molecular weight is 338 g/mol. The van der Waals surface area contributed by atoms with E-state index < -0.39 is 0 Å². The summed E-state index contributed by atoms with van der Waals surface area (Å²) in [5.74, 6) is 1.67. The Labute approximate surface area is 130 Å². The van der Waals surface area contributed by atoms with Gasteiger partial charge in [-0.1, -0.05) is 32.4 Å². The van der Waals surface area contributed by atoms with Gasteiger partial charge in [0.25, 0.3) is 0 Å². The maximum atomic E-state index is 5.44. The van der Waals surface area contributed by atoms with Gasteiger partial charge in [0.1, 0.15) is 4.60 Å². The molecule has 1 aliphatic rings. The second-order valence-corrected chi connectivity index (χ2v) is 7.42. The molecule has 110 valence electrons. The van der Waals surface area contributed by atoms with Crippen LogP contribution in [-0.2, 0) is 0 Å². The molecule has 0 unspecified atom stereocenters. The molecule has 1 heterocycles. The van der Waals surface area contributed by atoms with Crippen molar-refractivity contribution in [3.8, 4) is 5.75 Å². The molecule has 0 amide bonds. The van der Waals surface area contributed by atoms with Crippen LogP contribution in [0, 0.1) is 11.3 Å². The van der Waals surface area contributed by atoms with E-state index in [2.05, 4.69) is 47.8 Å². The van der Waals surface area contributed by atoms with E-state index in [0.717, 1.165) is 21.8 Å². The maximum absolute atomic E-state index is 5.44. The van der Waals surface area contributed by atoms with Crippen molar-refractivity contribution in [1.29, 1.82) is 0 Å². The highest BCUT2D eigenvalue weighted by Crippen LogP contribution is 2.40. The zero-order valence-corrected chi connectivity index (χ0v) is 14.5. The van der Waals surface area contributed by atoms with Gasteiger partial charge >= 0.3 is 0 Å². The summed E-state index contributed by atoms with van der Waals surface area (Å²) in [6.45, 7) is 7.07. The minimum Gasteiger partial charge on any atom is -0.493 e. The summed E-state index contributed by atoms with van der Waals surface area (Å²) in [6.07, 6.45) is 9.09. The number of ether oxygens (including phenoxy) is 1. The molecule has 0 bridgehead atoms. The van der Waals surface area contributed by atoms with Crippen LogP contribution < -0.4 is 4.74 Å². The van der Waals surface area contributed by atoms with Crippen LogP contribution in [0.3, 0.4) is 0 Å². The molecular formula is C17H24BrNO. The zero-order valence-electron chi connectivity index (χ0n) is 12.9. The fourth-order valence-electron chi connectivity index (χ4n) is 2.97. The summed E-state index contributed by atoms with van der Waals surface area (Å²) in [5, 5.41) is 0. The molecule has 0 aromatic carbocycles. The van der Waals surface area contributed by atoms with E-state index in [4.69, 9.17) is 4.74 Å². The topological polar surface area (TPSA) is 22.1 Å². The van der Waals surface area contributed by atoms with Gasteiger partial charge in [0.2, 0.25) is 0 Å². The zero-order chi connectivity index (χ0) is 14.8. The number of nitrogens with zero attached hydrogens (tertiary/aromatic N) is 1. The number of methoxy groups -OCH3 is 1. The quantitative estimate of drug-likeness (QED) is 0.667. The van der Waals surface area contributed by atoms with Gasteiger partial charge < -0.3 is 4.74 Å². The van der Waals surface area contributed by atoms with E-state index in [9.17, 15) is 0 Å². The molecule has 1 aromatic heterocycles. The third-order valence-corrected chi connectivity index (χ3v) is 4.87. The Bertz CT molecular complexity index is 492. The first-order chi connectivity index (χ1) is 9.41. The Morgan fingerprint density at radius 2 is 1.95 bits per heavy atom. The molecule has 1 saturated carbocycles. The molecule has 2 rings (SSSR count). The van der Waals surface area contributed by atoms with Crippen LogP contribution >= 0.6 is 15.9 Å². The second-order valence-electron chi connectivity index (χ2n) is 6.67. The van der Waals surface area contributed by atoms with Crippen molar-refractivity contribution in [3.05, 3.63) is 28.0 Å². The molecule has 3 heteroatoms. The van der Waals surface area contributed by atoms with Crippen molar-refractivity contribution in [2.45, 2.75) is 46.5 Å². The van der Waals surface area contributed by atoms with E-state index in [1.165, 1.54) is 31.3 Å². The summed E-state index contributed by atoms with van der Waals surface area (Å²) in [5.41, 5.74) is 3.09. The largest absolute Gasteiger partial charge is 0.493 e. The molecule has 0 aliphatic heterocycles. The number of rotatable bonds is 2. The van der Waals surface area contributed by atoms with Crippen molar-refractivity contribution in [2.24, 2.45) is 11.3 Å². The van der Waals surface area contributed by atoms with Crippen LogP contribution in [-0.4, -0.2) is 12.1 Å². The molecule has 0 atom stereocenters. The van der Waals surface area contributed by atoms with Gasteiger partial charge in [0.05, 0.1) is 7.11 Å². The lowest BCUT2D eigenvalue weighted by Gasteiger charge is -2.34. The molecular weight excluding hydrogens is 314 g/mol. The number of hydrogen-bond acceptors (Lipinski definition) is 2. The molecule has 0 radical (unpaired) electrons. The number of aromatic nitrogens is 1. The van der Waals surface area contributed by atoms with E-state index >= 15 is 0 Å². The highest BCUT2D eigenvalue weighted by molar-refractivity contribution is 9.10. The van der Waals surface area contributed by atoms with Gasteiger partial charge in [-0.2, -0.15) is 0 Å². The first-order valence-electron chi connectivity index (χ1n) is 7.29. The second kappa shape index (κ2) is 6.30. The van der Waals surface area contributed by atoms with E-state index in [1.807, 2.05) is 12.3 Å². The fraction of sp³-hybridized carbons (Fsp3) is 0.588. The Morgan fingerprint density at radius 3 is 2.50 bits per heavy atom. The first-order valence-corrected chi connectivity index (χ1v) is 8.09. The highest BCUT2D eigenvalue weighted by Gasteiger charge is 2.27. The van der Waals surface area contributed by atoms with E-state index in [0.29, 0.717) is 5.41 Å². The minimum atomic E-state index is 0.433. The number of allylic oxidation sites excluding steroid dienone is 1. The van der Waals surface area contributed by atoms with Crippen LogP contribution in [0.4, 0.5) is 0 Å². The van der Waals surface area contributed by atoms with Crippen LogP contribution in [0.25, 0.3) is 6.08 Å². The van der Waals surface area contributed by atoms with Crippen LogP contribution in [0.1, 0.15) is 52.0 Å². The predicted molar refractivity (Wildman–Crippen MR) is 87.9 cm³/mol. The summed E-state index contributed by atoms with van der Waals surface area (Å²) in [4.78, 5) is 4.21. The van der Waals surface area contributed by atoms with E-state index in [1.54, 1.807) is 7.11 Å². The lowest BCUT2D eigenvalue weighted by Crippen LogP contribution is -2.23. The van der Waals surface area contributed by atoms with Gasteiger partial charge in [0, 0.05) is 11.8 Å². The minimum absolute atomic E-state index is 0.433. The average Bonchev–Trinajstić information content (AvgIpc) is 2.38. The lowest BCUT2D eigenvalue weighted by atomic mass is 9.71. The van der Waals surface area contributed by atoms with Crippen LogP contribution in [0.5, 0.6) is 5.75 Å². The predicted octanol–water partition coefficient (Wildman–Crippen LogP) is 5.47. The van der Waals surface area contributed by atoms with Crippen molar-refractivity contribution in [1.82, 2.24) is 4.98 Å². The van der Waals surface area contributed by atoms with Crippen molar-refractivity contribution in [3.63, 3.8) is 0 Å². The van der Waals surface area contributed by atoms with Gasteiger partial charge in [-0.25, -0.2) is 4.98 Å². The number of halogens is 1. The SMILES string of the molecule is COc1c(C=C2CCC(C(C)(C)C)CC2)ccnc1Br. The molecule has 1 aromatic rings. The lowest BCUT2D eigenvalue weighted by molar-refractivity contribution is 0.198. The molecule has 0 N–H and O–H groups in total. The summed E-state index contributed by atoms with van der Waals surface area (Å²) in [7, 11) is 1.69. The van der Waals surface area contributed by atoms with Crippen LogP contribution in [0.15, 0.2) is 22.4 Å². The summed E-state index contributed by atoms with van der Waals surface area (Å²) >= 11 is 3.44. The molecule has 1 aliphatic carbocycles. The van der Waals surface area contributed by atoms with Gasteiger partial charge in [-0.15, -0.1) is 0 Å². The Hall–Kier alpha value is -0.830. The fourth-order valence-corrected chi connectivity index (χ4v) is 3.48. The monoisotopic (exact) mass is 337 g/mol. The van der Waals surface area contributed by atoms with Crippen molar-refractivity contribution >= 4 is 22.0 Å².